The van der Waals surface area contributed by atoms with Gasteiger partial charge in [-0.1, -0.05) is 72.4 Å². The van der Waals surface area contributed by atoms with Crippen LogP contribution in [0.1, 0.15) is 10.4 Å². The summed E-state index contributed by atoms with van der Waals surface area (Å²) < 4.78 is 10.4. The number of nitrogens with one attached hydrogen (secondary N) is 1. The molecule has 26 heavy (non-hydrogen) atoms. The van der Waals surface area contributed by atoms with E-state index < -0.39 is 6.09 Å². The van der Waals surface area contributed by atoms with Crippen LogP contribution in [0.15, 0.2) is 70.3 Å². The molecule has 1 aromatic heterocycles. The van der Waals surface area contributed by atoms with Crippen molar-refractivity contribution in [3.05, 3.63) is 66.2 Å². The Morgan fingerprint density at radius 1 is 1.08 bits per heavy atom. The van der Waals surface area contributed by atoms with Crippen molar-refractivity contribution in [2.45, 2.75) is 5.22 Å². The number of methoxy groups -OCH3 is 1. The Morgan fingerprint density at radius 2 is 1.73 bits per heavy atom. The summed E-state index contributed by atoms with van der Waals surface area (Å²) in [7, 11) is 1.27. The van der Waals surface area contributed by atoms with Gasteiger partial charge in [0.2, 0.25) is 0 Å². The number of benzene rings is 2. The van der Waals surface area contributed by atoms with Crippen molar-refractivity contribution in [1.82, 2.24) is 4.98 Å². The van der Waals surface area contributed by atoms with E-state index in [-0.39, 0.29) is 17.4 Å². The van der Waals surface area contributed by atoms with Crippen molar-refractivity contribution in [3.63, 3.8) is 0 Å². The Kier molecular flexibility index (Phi) is 5.70. The van der Waals surface area contributed by atoms with Gasteiger partial charge in [-0.2, -0.15) is 4.98 Å². The van der Waals surface area contributed by atoms with E-state index >= 15 is 0 Å². The fourth-order valence-electron chi connectivity index (χ4n) is 2.21. The van der Waals surface area contributed by atoms with E-state index in [0.717, 1.165) is 5.56 Å². The summed E-state index contributed by atoms with van der Waals surface area (Å²) in [4.78, 5) is 28.0. The van der Waals surface area contributed by atoms with Gasteiger partial charge in [-0.3, -0.25) is 10.1 Å². The van der Waals surface area contributed by atoms with Gasteiger partial charge in [-0.05, 0) is 0 Å². The molecule has 3 rings (SSSR count). The van der Waals surface area contributed by atoms with Crippen molar-refractivity contribution < 1.29 is 18.7 Å². The number of nitrogens with zero attached hydrogens (tertiary/aromatic N) is 1. The van der Waals surface area contributed by atoms with Gasteiger partial charge in [-0.25, -0.2) is 4.79 Å². The van der Waals surface area contributed by atoms with Crippen LogP contribution in [0.4, 0.5) is 10.6 Å². The van der Waals surface area contributed by atoms with Crippen LogP contribution in [0, 0.1) is 0 Å². The number of carbonyl (C=O) groups excluding carboxylic acids is 2. The first-order chi connectivity index (χ1) is 12.7. The molecule has 0 atom stereocenters. The number of rotatable bonds is 6. The van der Waals surface area contributed by atoms with Gasteiger partial charge in [0.25, 0.3) is 5.22 Å². The minimum atomic E-state index is -0.646. The predicted octanol–water partition coefficient (Wildman–Crippen LogP) is 4.49. The summed E-state index contributed by atoms with van der Waals surface area (Å²) in [5, 5.41) is 2.83. The van der Waals surface area contributed by atoms with Crippen molar-refractivity contribution >= 4 is 29.5 Å². The zero-order valence-corrected chi connectivity index (χ0v) is 14.8. The second-order valence-electron chi connectivity index (χ2n) is 5.22. The van der Waals surface area contributed by atoms with Crippen LogP contribution in [0.3, 0.4) is 0 Å². The van der Waals surface area contributed by atoms with Crippen LogP contribution in [0.2, 0.25) is 0 Å². The van der Waals surface area contributed by atoms with Crippen LogP contribution in [0.5, 0.6) is 0 Å². The molecule has 1 heterocycles. The lowest BCUT2D eigenvalue weighted by Gasteiger charge is -2.02. The molecule has 0 radical (unpaired) electrons. The van der Waals surface area contributed by atoms with Gasteiger partial charge < -0.3 is 9.15 Å². The van der Waals surface area contributed by atoms with Crippen LogP contribution in [0.25, 0.3) is 11.3 Å². The predicted molar refractivity (Wildman–Crippen MR) is 99.5 cm³/mol. The second kappa shape index (κ2) is 8.35. The largest absolute Gasteiger partial charge is 0.453 e. The monoisotopic (exact) mass is 368 g/mol. The molecular formula is C19H16N2O4S. The molecule has 0 unspecified atom stereocenters. The van der Waals surface area contributed by atoms with E-state index in [1.165, 1.54) is 18.9 Å². The van der Waals surface area contributed by atoms with E-state index in [0.29, 0.717) is 16.5 Å². The molecule has 6 nitrogen and oxygen atoms in total. The average molecular weight is 368 g/mol. The zero-order chi connectivity index (χ0) is 18.4. The molecule has 0 aliphatic rings. The quantitative estimate of drug-likeness (QED) is 0.510. The number of thioether (sulfide) groups is 1. The Labute approximate surface area is 154 Å². The van der Waals surface area contributed by atoms with Gasteiger partial charge in [-0.15, -0.1) is 0 Å². The van der Waals surface area contributed by atoms with Crippen LogP contribution < -0.4 is 5.32 Å². The highest BCUT2D eigenvalue weighted by atomic mass is 32.2. The SMILES string of the molecule is COC(=O)Nc1nc(SCC(=O)c2ccccc2)oc1-c1ccccc1. The van der Waals surface area contributed by atoms with E-state index in [2.05, 4.69) is 15.0 Å². The van der Waals surface area contributed by atoms with E-state index in [1.54, 1.807) is 12.1 Å². The molecule has 0 saturated carbocycles. The Balaban J connectivity index is 1.79. The highest BCUT2D eigenvalue weighted by Crippen LogP contribution is 2.33. The lowest BCUT2D eigenvalue weighted by Crippen LogP contribution is -2.11. The fourth-order valence-corrected chi connectivity index (χ4v) is 2.93. The van der Waals surface area contributed by atoms with Crippen molar-refractivity contribution in [1.29, 1.82) is 0 Å². The Morgan fingerprint density at radius 3 is 2.38 bits per heavy atom. The van der Waals surface area contributed by atoms with Crippen molar-refractivity contribution in [3.8, 4) is 11.3 Å². The second-order valence-corrected chi connectivity index (χ2v) is 6.14. The van der Waals surface area contributed by atoms with Gasteiger partial charge in [0.1, 0.15) is 0 Å². The summed E-state index contributed by atoms with van der Waals surface area (Å²) in [6, 6.07) is 18.3. The molecular weight excluding hydrogens is 352 g/mol. The molecule has 1 N–H and O–H groups in total. The summed E-state index contributed by atoms with van der Waals surface area (Å²) in [5.41, 5.74) is 1.38. The van der Waals surface area contributed by atoms with E-state index in [4.69, 9.17) is 4.42 Å². The number of amides is 1. The van der Waals surface area contributed by atoms with E-state index in [1.807, 2.05) is 48.5 Å². The van der Waals surface area contributed by atoms with Gasteiger partial charge in [0.15, 0.2) is 17.4 Å². The molecule has 0 saturated heterocycles. The van der Waals surface area contributed by atoms with Gasteiger partial charge in [0.05, 0.1) is 12.9 Å². The minimum absolute atomic E-state index is 0.0301. The molecule has 132 valence electrons. The highest BCUT2D eigenvalue weighted by Gasteiger charge is 2.19. The molecule has 7 heteroatoms. The minimum Gasteiger partial charge on any atom is -0.453 e. The number of carbonyl (C=O) groups is 2. The van der Waals surface area contributed by atoms with Crippen LogP contribution in [-0.2, 0) is 4.74 Å². The Bertz CT molecular complexity index is 894. The molecule has 2 aromatic carbocycles. The van der Waals surface area contributed by atoms with Gasteiger partial charge >= 0.3 is 6.09 Å². The molecule has 0 spiro atoms. The zero-order valence-electron chi connectivity index (χ0n) is 14.0. The molecule has 1 amide bonds. The number of ether oxygens (including phenoxy) is 1. The Hall–Kier alpha value is -3.06. The van der Waals surface area contributed by atoms with E-state index in [9.17, 15) is 9.59 Å². The maximum atomic E-state index is 12.2. The number of anilines is 1. The summed E-state index contributed by atoms with van der Waals surface area (Å²) in [6.45, 7) is 0. The molecule has 0 fully saturated rings. The first-order valence-electron chi connectivity index (χ1n) is 7.79. The first-order valence-corrected chi connectivity index (χ1v) is 8.78. The number of hydrogen-bond acceptors (Lipinski definition) is 6. The number of hydrogen-bond donors (Lipinski definition) is 1. The lowest BCUT2D eigenvalue weighted by molar-refractivity contribution is 0.102. The van der Waals surface area contributed by atoms with Crippen molar-refractivity contribution in [2.75, 3.05) is 18.2 Å². The third-order valence-corrected chi connectivity index (χ3v) is 4.30. The number of Topliss-reactive ketones (excluding diaryl/α,β-unsaturated/α-hetero) is 1. The summed E-state index contributed by atoms with van der Waals surface area (Å²) >= 11 is 1.17. The third kappa shape index (κ3) is 4.31. The molecule has 0 aliphatic heterocycles. The van der Waals surface area contributed by atoms with Crippen LogP contribution in [-0.4, -0.2) is 29.7 Å². The summed E-state index contributed by atoms with van der Waals surface area (Å²) in [5.74, 6) is 0.803. The standard InChI is InChI=1S/C19H16N2O4S/c1-24-18(23)20-17-16(14-10-6-3-7-11-14)25-19(21-17)26-12-15(22)13-8-4-2-5-9-13/h2-11H,12H2,1H3,(H,20,23). The van der Waals surface area contributed by atoms with Crippen molar-refractivity contribution in [2.24, 2.45) is 0 Å². The first kappa shape index (κ1) is 17.8. The fraction of sp³-hybridized carbons (Fsp3) is 0.105. The maximum Gasteiger partial charge on any atom is 0.412 e. The number of oxazole rings is 1. The normalized spacial score (nSPS) is 10.3. The number of aromatic nitrogens is 1. The molecule has 3 aromatic rings. The van der Waals surface area contributed by atoms with Crippen LogP contribution >= 0.6 is 11.8 Å². The highest BCUT2D eigenvalue weighted by molar-refractivity contribution is 7.99. The topological polar surface area (TPSA) is 81.4 Å². The lowest BCUT2D eigenvalue weighted by atomic mass is 10.2. The molecule has 0 bridgehead atoms. The van der Waals surface area contributed by atoms with Gasteiger partial charge in [0, 0.05) is 11.1 Å². The number of ketones is 1. The average Bonchev–Trinajstić information content (AvgIpc) is 3.10. The smallest absolute Gasteiger partial charge is 0.412 e. The summed E-state index contributed by atoms with van der Waals surface area (Å²) in [6.07, 6.45) is -0.646. The third-order valence-electron chi connectivity index (χ3n) is 3.47. The maximum absolute atomic E-state index is 12.2. The molecule has 0 aliphatic carbocycles.